The molecule has 0 radical (unpaired) electrons. The third-order valence-corrected chi connectivity index (χ3v) is 14.0. The molecule has 74 heavy (non-hydrogen) atoms. The molecule has 0 unspecified atom stereocenters. The number of carbonyl (C=O) groups excluding carboxylic acids is 5. The normalized spacial score (nSPS) is 21.6. The van der Waals surface area contributed by atoms with Crippen molar-refractivity contribution in [2.24, 2.45) is 11.8 Å². The third kappa shape index (κ3) is 9.46. The molecule has 2 saturated heterocycles. The van der Waals surface area contributed by atoms with Gasteiger partial charge < -0.3 is 39.8 Å². The van der Waals surface area contributed by atoms with E-state index in [1.165, 1.54) is 7.11 Å². The van der Waals surface area contributed by atoms with Gasteiger partial charge in [-0.05, 0) is 88.3 Å². The fourth-order valence-corrected chi connectivity index (χ4v) is 10.6. The molecule has 4 amide bonds. The molecule has 1 spiro atoms. The van der Waals surface area contributed by atoms with Gasteiger partial charge in [-0.15, -0.1) is 0 Å². The number of imide groups is 1. The SMILES string of the molecule is COC(=O)[C@@H](NC(=O)N1C(=O)[C@@]2(c3cc(C#Cc4ccc(OC)cc4)ccc31)[C@H](C(=O)NC[C@H](O)c1ccccc1)[C@H]1C(=O)O[C@H](c3ccccc3)[C@H](c3ccccc3)N1[C@@H]2c1ccc(OCCO)cc1)C(C)C. The highest BCUT2D eigenvalue weighted by Gasteiger charge is 2.75. The van der Waals surface area contributed by atoms with Crippen LogP contribution in [0, 0.1) is 23.7 Å². The molecule has 3 aliphatic heterocycles. The molecule has 4 N–H and O–H groups in total. The fourth-order valence-electron chi connectivity index (χ4n) is 10.6. The summed E-state index contributed by atoms with van der Waals surface area (Å²) < 4.78 is 22.9. The summed E-state index contributed by atoms with van der Waals surface area (Å²) in [6, 6.07) is 40.4. The first-order valence-corrected chi connectivity index (χ1v) is 24.4. The minimum Gasteiger partial charge on any atom is -0.497 e. The van der Waals surface area contributed by atoms with E-state index in [0.29, 0.717) is 44.9 Å². The molecule has 0 saturated carbocycles. The van der Waals surface area contributed by atoms with Crippen LogP contribution < -0.4 is 25.0 Å². The highest BCUT2D eigenvalue weighted by molar-refractivity contribution is 6.25. The van der Waals surface area contributed by atoms with Crippen molar-refractivity contribution in [1.29, 1.82) is 0 Å². The predicted molar refractivity (Wildman–Crippen MR) is 274 cm³/mol. The lowest BCUT2D eigenvalue weighted by Gasteiger charge is -2.46. The monoisotopic (exact) mass is 996 g/mol. The Kier molecular flexibility index (Phi) is 14.9. The molecule has 378 valence electrons. The van der Waals surface area contributed by atoms with Gasteiger partial charge in [0.25, 0.3) is 0 Å². The maximum Gasteiger partial charge on any atom is 0.329 e. The number of urea groups is 1. The number of nitrogens with one attached hydrogen (secondary N) is 2. The lowest BCUT2D eigenvalue weighted by molar-refractivity contribution is -0.178. The van der Waals surface area contributed by atoms with Crippen LogP contribution >= 0.6 is 0 Å². The molecule has 6 aromatic carbocycles. The molecule has 0 aliphatic carbocycles. The topological polar surface area (TPSA) is 193 Å². The molecular weight excluding hydrogens is 941 g/mol. The number of aliphatic hydroxyl groups is 2. The second-order valence-corrected chi connectivity index (χ2v) is 18.6. The number of hydrogen-bond donors (Lipinski definition) is 4. The molecule has 6 aromatic rings. The van der Waals surface area contributed by atoms with Crippen molar-refractivity contribution in [2.45, 2.75) is 55.6 Å². The largest absolute Gasteiger partial charge is 0.497 e. The van der Waals surface area contributed by atoms with Gasteiger partial charge in [-0.25, -0.2) is 14.5 Å². The van der Waals surface area contributed by atoms with Crippen molar-refractivity contribution in [1.82, 2.24) is 15.5 Å². The highest BCUT2D eigenvalue weighted by atomic mass is 16.6. The zero-order valence-corrected chi connectivity index (χ0v) is 41.2. The van der Waals surface area contributed by atoms with Gasteiger partial charge >= 0.3 is 18.0 Å². The Bertz CT molecular complexity index is 3070. The maximum absolute atomic E-state index is 16.7. The van der Waals surface area contributed by atoms with E-state index in [-0.39, 0.29) is 31.0 Å². The van der Waals surface area contributed by atoms with Crippen molar-refractivity contribution < 1.29 is 53.1 Å². The van der Waals surface area contributed by atoms with E-state index >= 15 is 19.2 Å². The number of fused-ring (bicyclic) bond motifs is 3. The van der Waals surface area contributed by atoms with Crippen LogP contribution in [0.5, 0.6) is 11.5 Å². The van der Waals surface area contributed by atoms with Crippen molar-refractivity contribution in [2.75, 3.05) is 38.9 Å². The molecule has 0 bridgehead atoms. The molecule has 3 aliphatic rings. The summed E-state index contributed by atoms with van der Waals surface area (Å²) in [6.45, 7) is 2.87. The van der Waals surface area contributed by atoms with Crippen LogP contribution in [0.25, 0.3) is 0 Å². The van der Waals surface area contributed by atoms with Crippen molar-refractivity contribution in [3.63, 3.8) is 0 Å². The van der Waals surface area contributed by atoms with Gasteiger partial charge in [0.15, 0.2) is 0 Å². The van der Waals surface area contributed by atoms with Crippen LogP contribution in [0.3, 0.4) is 0 Å². The standard InChI is InChI=1S/C59H56N4O11/c1-36(2)49(55(67)72-4)61-58(70)62-46-31-24-38(21-20-37-22-27-43(71-3)28-23-37)34-45(46)59(57(62)69)48(54(66)60-35-47(65)39-14-8-5-9-15-39)51-56(68)74-52(41-18-12-7-13-19-41)50(40-16-10-6-11-17-40)63(51)53(59)42-25-29-44(30-26-42)73-33-32-64/h5-19,22-31,34,36,47-53,64-65H,32-33,35H2,1-4H3,(H,60,66)(H,61,70)/t47-,48-,49-,50-,51-,52+,53+,59-/m0/s1. The quantitative estimate of drug-likeness (QED) is 0.0654. The number of aliphatic hydroxyl groups excluding tert-OH is 2. The number of hydrogen-bond acceptors (Lipinski definition) is 12. The molecule has 0 aromatic heterocycles. The Balaban J connectivity index is 1.34. The van der Waals surface area contributed by atoms with Gasteiger partial charge in [-0.1, -0.05) is 129 Å². The smallest absolute Gasteiger partial charge is 0.329 e. The third-order valence-electron chi connectivity index (χ3n) is 14.0. The summed E-state index contributed by atoms with van der Waals surface area (Å²) in [7, 11) is 2.77. The minimum atomic E-state index is -2.18. The fraction of sp³-hybridized carbons (Fsp3) is 0.271. The van der Waals surface area contributed by atoms with Crippen molar-refractivity contribution >= 4 is 35.5 Å². The first-order valence-electron chi connectivity index (χ1n) is 24.4. The average Bonchev–Trinajstić information content (AvgIpc) is 3.92. The molecule has 2 fully saturated rings. The van der Waals surface area contributed by atoms with E-state index in [9.17, 15) is 15.0 Å². The van der Waals surface area contributed by atoms with E-state index in [0.717, 1.165) is 4.90 Å². The zero-order chi connectivity index (χ0) is 52.1. The summed E-state index contributed by atoms with van der Waals surface area (Å²) in [6.07, 6.45) is -2.19. The zero-order valence-electron chi connectivity index (χ0n) is 41.2. The van der Waals surface area contributed by atoms with Crippen LogP contribution in [0.4, 0.5) is 10.5 Å². The molecule has 15 heteroatoms. The van der Waals surface area contributed by atoms with Crippen LogP contribution in [0.1, 0.15) is 77.1 Å². The first kappa shape index (κ1) is 50.6. The van der Waals surface area contributed by atoms with Gasteiger partial charge in [0.05, 0.1) is 50.6 Å². The number of esters is 2. The number of benzene rings is 6. The summed E-state index contributed by atoms with van der Waals surface area (Å²) in [5.41, 5.74) is 1.45. The van der Waals surface area contributed by atoms with Crippen LogP contribution in [-0.4, -0.2) is 91.0 Å². The Hall–Kier alpha value is -8.29. The van der Waals surface area contributed by atoms with E-state index in [2.05, 4.69) is 22.5 Å². The Morgan fingerprint density at radius 3 is 1.97 bits per heavy atom. The summed E-state index contributed by atoms with van der Waals surface area (Å²) in [4.78, 5) is 79.4. The van der Waals surface area contributed by atoms with Crippen LogP contribution in [-0.2, 0) is 34.1 Å². The summed E-state index contributed by atoms with van der Waals surface area (Å²) in [5.74, 6) is 2.07. The highest BCUT2D eigenvalue weighted by Crippen LogP contribution is 2.66. The number of rotatable bonds is 14. The Morgan fingerprint density at radius 2 is 1.35 bits per heavy atom. The first-order chi connectivity index (χ1) is 35.9. The lowest BCUT2D eigenvalue weighted by atomic mass is 9.65. The predicted octanol–water partition coefficient (Wildman–Crippen LogP) is 6.89. The number of ether oxygens (including phenoxy) is 4. The number of nitrogens with zero attached hydrogens (tertiary/aromatic N) is 2. The summed E-state index contributed by atoms with van der Waals surface area (Å²) in [5, 5.41) is 26.9. The van der Waals surface area contributed by atoms with Gasteiger partial charge in [0, 0.05) is 17.7 Å². The second-order valence-electron chi connectivity index (χ2n) is 18.6. The lowest BCUT2D eigenvalue weighted by Crippen LogP contribution is -2.58. The molecule has 15 nitrogen and oxygen atoms in total. The van der Waals surface area contributed by atoms with Crippen molar-refractivity contribution in [3.8, 4) is 23.3 Å². The van der Waals surface area contributed by atoms with Crippen LogP contribution in [0.15, 0.2) is 158 Å². The molecule has 9 rings (SSSR count). The Labute approximate surface area is 429 Å². The molecule has 3 heterocycles. The van der Waals surface area contributed by atoms with Gasteiger partial charge in [-0.2, -0.15) is 0 Å². The number of carbonyl (C=O) groups is 5. The second kappa shape index (κ2) is 21.8. The van der Waals surface area contributed by atoms with E-state index in [1.54, 1.807) is 118 Å². The number of amides is 4. The van der Waals surface area contributed by atoms with Crippen LogP contribution in [0.2, 0.25) is 0 Å². The number of cyclic esters (lactones) is 1. The maximum atomic E-state index is 16.7. The van der Waals surface area contributed by atoms with Gasteiger partial charge in [0.2, 0.25) is 11.8 Å². The number of morpholine rings is 1. The van der Waals surface area contributed by atoms with Crippen molar-refractivity contribution in [3.05, 3.63) is 197 Å². The number of anilines is 1. The molecular formula is C59H56N4O11. The van der Waals surface area contributed by atoms with E-state index in [1.807, 2.05) is 65.6 Å². The molecule has 8 atom stereocenters. The van der Waals surface area contributed by atoms with E-state index < -0.39 is 83.4 Å². The van der Waals surface area contributed by atoms with Gasteiger partial charge in [-0.3, -0.25) is 19.3 Å². The Morgan fingerprint density at radius 1 is 0.743 bits per heavy atom. The minimum absolute atomic E-state index is 0.00210. The van der Waals surface area contributed by atoms with E-state index in [4.69, 9.17) is 18.9 Å². The average molecular weight is 997 g/mol. The van der Waals surface area contributed by atoms with Gasteiger partial charge in [0.1, 0.15) is 41.7 Å². The number of methoxy groups -OCH3 is 2. The summed E-state index contributed by atoms with van der Waals surface area (Å²) >= 11 is 0.